The average Bonchev–Trinajstić information content (AvgIpc) is 2.74. The summed E-state index contributed by atoms with van der Waals surface area (Å²) in [6.45, 7) is 5.05. The van der Waals surface area contributed by atoms with Crippen LogP contribution in [0.3, 0.4) is 0 Å². The number of aryl methyl sites for hydroxylation is 1. The maximum atomic E-state index is 12.7. The summed E-state index contributed by atoms with van der Waals surface area (Å²) in [5.41, 5.74) is 8.96. The number of hydrogen-bond acceptors (Lipinski definition) is 4. The molecule has 6 nitrogen and oxygen atoms in total. The zero-order valence-corrected chi connectivity index (χ0v) is 18.6. The van der Waals surface area contributed by atoms with E-state index >= 15 is 0 Å². The number of aromatic nitrogens is 1. The molecule has 1 amide bonds. The summed E-state index contributed by atoms with van der Waals surface area (Å²) in [6.07, 6.45) is 2.95. The number of rotatable bonds is 4. The normalized spacial score (nSPS) is 17.1. The van der Waals surface area contributed by atoms with Crippen molar-refractivity contribution < 1.29 is 9.53 Å². The van der Waals surface area contributed by atoms with Crippen LogP contribution < -0.4 is 16.0 Å². The molecule has 164 valence electrons. The topological polar surface area (TPSA) is 88.4 Å². The highest BCUT2D eigenvalue weighted by Crippen LogP contribution is 2.30. The third-order valence-electron chi connectivity index (χ3n) is 5.74. The summed E-state index contributed by atoms with van der Waals surface area (Å²) in [4.78, 5) is 29.8. The van der Waals surface area contributed by atoms with E-state index in [2.05, 4.69) is 4.98 Å². The zero-order valence-electron chi connectivity index (χ0n) is 17.8. The molecule has 0 radical (unpaired) electrons. The largest absolute Gasteiger partial charge is 0.481 e. The lowest BCUT2D eigenvalue weighted by Crippen LogP contribution is -2.49. The SMILES string of the molecule is Cc1ccccc1-c1c[nH]c(=O)c2cc(O[C@H](C)C(=O)N3CCC[C@@H](N)C3)ccc12.Cl. The maximum Gasteiger partial charge on any atom is 0.263 e. The van der Waals surface area contributed by atoms with Gasteiger partial charge in [0.15, 0.2) is 6.10 Å². The van der Waals surface area contributed by atoms with Gasteiger partial charge in [0.1, 0.15) is 5.75 Å². The number of benzene rings is 2. The minimum absolute atomic E-state index is 0. The number of fused-ring (bicyclic) bond motifs is 1. The van der Waals surface area contributed by atoms with Crippen LogP contribution in [0.4, 0.5) is 0 Å². The Morgan fingerprint density at radius 2 is 1.97 bits per heavy atom. The van der Waals surface area contributed by atoms with Crippen LogP contribution in [0.25, 0.3) is 21.9 Å². The molecule has 0 spiro atoms. The van der Waals surface area contributed by atoms with Gasteiger partial charge in [0.25, 0.3) is 11.5 Å². The first-order valence-electron chi connectivity index (χ1n) is 10.4. The molecular formula is C24H28ClN3O3. The number of H-pyrrole nitrogens is 1. The van der Waals surface area contributed by atoms with Crippen molar-refractivity contribution in [2.45, 2.75) is 38.8 Å². The van der Waals surface area contributed by atoms with Crippen molar-refractivity contribution in [3.8, 4) is 16.9 Å². The maximum absolute atomic E-state index is 12.7. The summed E-state index contributed by atoms with van der Waals surface area (Å²) >= 11 is 0. The van der Waals surface area contributed by atoms with Crippen molar-refractivity contribution in [1.29, 1.82) is 0 Å². The Kier molecular flexibility index (Phi) is 7.03. The number of carbonyl (C=O) groups is 1. The van der Waals surface area contributed by atoms with Gasteiger partial charge in [-0.15, -0.1) is 12.4 Å². The number of nitrogens with two attached hydrogens (primary N) is 1. The van der Waals surface area contributed by atoms with Gasteiger partial charge >= 0.3 is 0 Å². The molecule has 4 rings (SSSR count). The quantitative estimate of drug-likeness (QED) is 0.646. The molecule has 7 heteroatoms. The molecule has 0 unspecified atom stereocenters. The highest BCUT2D eigenvalue weighted by Gasteiger charge is 2.26. The predicted octanol–water partition coefficient (Wildman–Crippen LogP) is 3.64. The predicted molar refractivity (Wildman–Crippen MR) is 126 cm³/mol. The third kappa shape index (κ3) is 4.75. The molecule has 2 aromatic carbocycles. The molecule has 3 N–H and O–H groups in total. The molecule has 1 fully saturated rings. The van der Waals surface area contributed by atoms with E-state index in [9.17, 15) is 9.59 Å². The fraction of sp³-hybridized carbons (Fsp3) is 0.333. The minimum atomic E-state index is -0.647. The van der Waals surface area contributed by atoms with E-state index < -0.39 is 6.10 Å². The molecule has 1 aliphatic heterocycles. The number of nitrogens with zero attached hydrogens (tertiary/aromatic N) is 1. The van der Waals surface area contributed by atoms with Crippen molar-refractivity contribution in [2.75, 3.05) is 13.1 Å². The summed E-state index contributed by atoms with van der Waals surface area (Å²) < 4.78 is 5.91. The molecular weight excluding hydrogens is 414 g/mol. The van der Waals surface area contributed by atoms with Gasteiger partial charge in [-0.25, -0.2) is 0 Å². The molecule has 3 aromatic rings. The summed E-state index contributed by atoms with van der Waals surface area (Å²) in [5, 5.41) is 1.38. The number of halogens is 1. The molecule has 1 aromatic heterocycles. The van der Waals surface area contributed by atoms with Gasteiger partial charge in [0.2, 0.25) is 0 Å². The minimum Gasteiger partial charge on any atom is -0.481 e. The van der Waals surface area contributed by atoms with Crippen LogP contribution in [0, 0.1) is 6.92 Å². The number of hydrogen-bond donors (Lipinski definition) is 2. The van der Waals surface area contributed by atoms with E-state index in [1.807, 2.05) is 43.3 Å². The Balaban J connectivity index is 0.00000272. The Labute approximate surface area is 187 Å². The Morgan fingerprint density at radius 3 is 2.71 bits per heavy atom. The Bertz CT molecular complexity index is 1140. The van der Waals surface area contributed by atoms with Crippen molar-refractivity contribution in [3.63, 3.8) is 0 Å². The van der Waals surface area contributed by atoms with Crippen LogP contribution >= 0.6 is 12.4 Å². The lowest BCUT2D eigenvalue weighted by molar-refractivity contribution is -0.139. The van der Waals surface area contributed by atoms with Gasteiger partial charge in [-0.1, -0.05) is 24.3 Å². The van der Waals surface area contributed by atoms with Crippen molar-refractivity contribution in [3.05, 3.63) is 64.6 Å². The molecule has 0 bridgehead atoms. The van der Waals surface area contributed by atoms with Gasteiger partial charge in [-0.05, 0) is 61.4 Å². The van der Waals surface area contributed by atoms with Crippen molar-refractivity contribution in [1.82, 2.24) is 9.88 Å². The molecule has 2 atom stereocenters. The number of aromatic amines is 1. The van der Waals surface area contributed by atoms with E-state index in [4.69, 9.17) is 10.5 Å². The average molecular weight is 442 g/mol. The second kappa shape index (κ2) is 9.54. The highest BCUT2D eigenvalue weighted by atomic mass is 35.5. The fourth-order valence-electron chi connectivity index (χ4n) is 4.13. The van der Waals surface area contributed by atoms with Gasteiger partial charge < -0.3 is 20.4 Å². The van der Waals surface area contributed by atoms with Gasteiger partial charge in [0, 0.05) is 30.9 Å². The summed E-state index contributed by atoms with van der Waals surface area (Å²) in [7, 11) is 0. The Hall–Kier alpha value is -2.83. The second-order valence-electron chi connectivity index (χ2n) is 8.00. The lowest BCUT2D eigenvalue weighted by Gasteiger charge is -2.32. The molecule has 31 heavy (non-hydrogen) atoms. The summed E-state index contributed by atoms with van der Waals surface area (Å²) in [5.74, 6) is 0.421. The Morgan fingerprint density at radius 1 is 1.19 bits per heavy atom. The standard InChI is InChI=1S/C24H27N3O3.ClH/c1-15-6-3-4-8-19(15)22-13-26-23(28)21-12-18(9-10-20(21)22)30-16(2)24(29)27-11-5-7-17(25)14-27;/h3-4,6,8-10,12-13,16-17H,5,7,11,14,25H2,1-2H3,(H,26,28);1H/t16-,17-;/m1./s1. The summed E-state index contributed by atoms with van der Waals surface area (Å²) in [6, 6.07) is 13.5. The number of carbonyl (C=O) groups excluding carboxylic acids is 1. The van der Waals surface area contributed by atoms with Crippen LogP contribution in [0.2, 0.25) is 0 Å². The van der Waals surface area contributed by atoms with E-state index in [-0.39, 0.29) is 29.9 Å². The van der Waals surface area contributed by atoms with Crippen molar-refractivity contribution >= 4 is 29.1 Å². The monoisotopic (exact) mass is 441 g/mol. The van der Waals surface area contributed by atoms with Crippen LogP contribution in [-0.4, -0.2) is 41.0 Å². The first kappa shape index (κ1) is 22.8. The van der Waals surface area contributed by atoms with Crippen molar-refractivity contribution in [2.24, 2.45) is 5.73 Å². The molecule has 1 aliphatic rings. The fourth-order valence-corrected chi connectivity index (χ4v) is 4.13. The highest BCUT2D eigenvalue weighted by molar-refractivity contribution is 5.97. The zero-order chi connectivity index (χ0) is 21.3. The van der Waals surface area contributed by atoms with E-state index in [0.29, 0.717) is 24.2 Å². The van der Waals surface area contributed by atoms with Gasteiger partial charge in [-0.3, -0.25) is 9.59 Å². The van der Waals surface area contributed by atoms with E-state index in [1.165, 1.54) is 0 Å². The number of ether oxygens (including phenoxy) is 1. The number of pyridine rings is 1. The van der Waals surface area contributed by atoms with Crippen LogP contribution in [0.15, 0.2) is 53.5 Å². The van der Waals surface area contributed by atoms with E-state index in [0.717, 1.165) is 34.9 Å². The number of likely N-dealkylation sites (tertiary alicyclic amines) is 1. The number of piperidine rings is 1. The number of amides is 1. The molecule has 0 saturated carbocycles. The molecule has 2 heterocycles. The molecule has 1 saturated heterocycles. The van der Waals surface area contributed by atoms with Crippen LogP contribution in [0.5, 0.6) is 5.75 Å². The van der Waals surface area contributed by atoms with E-state index in [1.54, 1.807) is 24.1 Å². The second-order valence-corrected chi connectivity index (χ2v) is 8.00. The van der Waals surface area contributed by atoms with Crippen LogP contribution in [0.1, 0.15) is 25.3 Å². The first-order chi connectivity index (χ1) is 14.4. The van der Waals surface area contributed by atoms with Crippen LogP contribution in [-0.2, 0) is 4.79 Å². The van der Waals surface area contributed by atoms with Gasteiger partial charge in [0.05, 0.1) is 5.39 Å². The number of nitrogens with one attached hydrogen (secondary N) is 1. The van der Waals surface area contributed by atoms with Gasteiger partial charge in [-0.2, -0.15) is 0 Å². The molecule has 0 aliphatic carbocycles. The first-order valence-corrected chi connectivity index (χ1v) is 10.4. The smallest absolute Gasteiger partial charge is 0.263 e. The third-order valence-corrected chi connectivity index (χ3v) is 5.74. The lowest BCUT2D eigenvalue weighted by atomic mass is 9.97.